The van der Waals surface area contributed by atoms with E-state index in [-0.39, 0.29) is 11.8 Å². The van der Waals surface area contributed by atoms with Gasteiger partial charge in [0, 0.05) is 43.7 Å². The third-order valence-electron chi connectivity index (χ3n) is 7.14. The second-order valence-corrected chi connectivity index (χ2v) is 9.52. The number of hydrogen-bond acceptors (Lipinski definition) is 5. The van der Waals surface area contributed by atoms with Gasteiger partial charge in [0.1, 0.15) is 11.4 Å². The van der Waals surface area contributed by atoms with Crippen LogP contribution in [0.3, 0.4) is 0 Å². The molecule has 0 aromatic heterocycles. The maximum atomic E-state index is 13.0. The third-order valence-corrected chi connectivity index (χ3v) is 7.14. The molecule has 0 bridgehead atoms. The van der Waals surface area contributed by atoms with Gasteiger partial charge in [-0.3, -0.25) is 9.59 Å². The summed E-state index contributed by atoms with van der Waals surface area (Å²) < 4.78 is 0. The van der Waals surface area contributed by atoms with E-state index < -0.39 is 5.60 Å². The Balaban J connectivity index is 1.23. The van der Waals surface area contributed by atoms with Crippen LogP contribution in [-0.4, -0.2) is 58.5 Å². The molecule has 5 rings (SSSR count). The number of allylic oxidation sites excluding steroid dienone is 4. The summed E-state index contributed by atoms with van der Waals surface area (Å²) in [4.78, 5) is 33.9. The predicted octanol–water partition coefficient (Wildman–Crippen LogP) is 3.50. The van der Waals surface area contributed by atoms with E-state index >= 15 is 0 Å². The normalized spacial score (nSPS) is 19.4. The monoisotopic (exact) mass is 473 g/mol. The lowest BCUT2D eigenvalue weighted by molar-refractivity contribution is -0.143. The number of nitrogens with zero attached hydrogens (tertiary/aromatic N) is 2. The molecule has 3 aliphatic rings. The summed E-state index contributed by atoms with van der Waals surface area (Å²) in [5.41, 5.74) is 3.65. The van der Waals surface area contributed by atoms with Crippen molar-refractivity contribution in [1.82, 2.24) is 9.80 Å². The Morgan fingerprint density at radius 1 is 0.857 bits per heavy atom. The molecule has 1 aliphatic heterocycles. The number of amides is 2. The molecular formula is C28H31N3O4. The summed E-state index contributed by atoms with van der Waals surface area (Å²) in [6, 6.07) is 15.9. The first-order chi connectivity index (χ1) is 17.0. The van der Waals surface area contributed by atoms with Gasteiger partial charge in [0.15, 0.2) is 0 Å². The molecule has 0 spiro atoms. The average Bonchev–Trinajstić information content (AvgIpc) is 3.71. The van der Waals surface area contributed by atoms with Gasteiger partial charge in [-0.1, -0.05) is 48.6 Å². The predicted molar refractivity (Wildman–Crippen MR) is 134 cm³/mol. The van der Waals surface area contributed by atoms with E-state index in [1.807, 2.05) is 24.3 Å². The van der Waals surface area contributed by atoms with Gasteiger partial charge in [-0.05, 0) is 54.5 Å². The fraction of sp³-hybridized carbons (Fsp3) is 0.357. The highest BCUT2D eigenvalue weighted by Gasteiger charge is 2.50. The molecule has 1 saturated carbocycles. The van der Waals surface area contributed by atoms with Crippen LogP contribution in [0.1, 0.15) is 48.0 Å². The second-order valence-electron chi connectivity index (χ2n) is 9.52. The number of carbonyl (C=O) groups is 2. The summed E-state index contributed by atoms with van der Waals surface area (Å²) in [7, 11) is 0. The van der Waals surface area contributed by atoms with Crippen molar-refractivity contribution >= 4 is 17.4 Å². The van der Waals surface area contributed by atoms with E-state index in [1.165, 1.54) is 0 Å². The highest BCUT2D eigenvalue weighted by atomic mass is 16.6. The molecule has 2 aliphatic carbocycles. The van der Waals surface area contributed by atoms with Crippen molar-refractivity contribution in [3.63, 3.8) is 0 Å². The number of benzene rings is 2. The van der Waals surface area contributed by atoms with Gasteiger partial charge in [0.05, 0.1) is 0 Å². The number of aliphatic hydroxyl groups is 1. The molecular weight excluding hydrogens is 442 g/mol. The number of carbonyl (C=O) groups excluding carboxylic acids is 2. The van der Waals surface area contributed by atoms with E-state index in [4.69, 9.17) is 10.7 Å². The van der Waals surface area contributed by atoms with Crippen molar-refractivity contribution in [2.75, 3.05) is 26.2 Å². The number of piperazine rings is 1. The molecule has 0 atom stereocenters. The zero-order chi connectivity index (χ0) is 24.4. The zero-order valence-corrected chi connectivity index (χ0v) is 19.8. The summed E-state index contributed by atoms with van der Waals surface area (Å²) >= 11 is 0. The molecule has 2 fully saturated rings. The van der Waals surface area contributed by atoms with Gasteiger partial charge >= 0.3 is 0 Å². The molecule has 0 unspecified atom stereocenters. The van der Waals surface area contributed by atoms with Gasteiger partial charge in [0.2, 0.25) is 0 Å². The molecule has 182 valence electrons. The Labute approximate surface area is 205 Å². The Hall–Kier alpha value is -3.42. The van der Waals surface area contributed by atoms with Crippen LogP contribution in [0, 0.1) is 0 Å². The first-order valence-corrected chi connectivity index (χ1v) is 12.3. The van der Waals surface area contributed by atoms with Crippen molar-refractivity contribution in [3.8, 4) is 11.1 Å². The molecule has 35 heavy (non-hydrogen) atoms. The third kappa shape index (κ3) is 4.88. The molecule has 3 N–H and O–H groups in total. The zero-order valence-electron chi connectivity index (χ0n) is 19.8. The van der Waals surface area contributed by atoms with E-state index in [0.29, 0.717) is 44.6 Å². The quantitative estimate of drug-likeness (QED) is 0.648. The minimum absolute atomic E-state index is 0.0365. The smallest absolute Gasteiger partial charge is 0.254 e. The van der Waals surface area contributed by atoms with Gasteiger partial charge < -0.3 is 19.7 Å². The van der Waals surface area contributed by atoms with Crippen molar-refractivity contribution in [2.24, 2.45) is 5.90 Å². The average molecular weight is 474 g/mol. The SMILES string of the molecule is NOC1=C(c2ccc(-c3ccc(C(=O)N4CCN(C(=O)C5(O)CC5)CC4)cc3)cc2)C=CCCC1. The maximum absolute atomic E-state index is 13.0. The van der Waals surface area contributed by atoms with Crippen molar-refractivity contribution in [3.05, 3.63) is 77.6 Å². The maximum Gasteiger partial charge on any atom is 0.254 e. The minimum Gasteiger partial charge on any atom is -0.415 e. The Morgan fingerprint density at radius 3 is 2.03 bits per heavy atom. The van der Waals surface area contributed by atoms with Crippen LogP contribution < -0.4 is 5.90 Å². The molecule has 7 heteroatoms. The van der Waals surface area contributed by atoms with Gasteiger partial charge in [-0.2, -0.15) is 5.90 Å². The van der Waals surface area contributed by atoms with Crippen LogP contribution in [0.5, 0.6) is 0 Å². The summed E-state index contributed by atoms with van der Waals surface area (Å²) in [5.74, 6) is 6.08. The summed E-state index contributed by atoms with van der Waals surface area (Å²) in [6.45, 7) is 1.87. The number of hydrogen-bond donors (Lipinski definition) is 2. The Bertz CT molecular complexity index is 1160. The number of rotatable bonds is 5. The minimum atomic E-state index is -1.15. The topological polar surface area (TPSA) is 96.1 Å². The first-order valence-electron chi connectivity index (χ1n) is 12.3. The van der Waals surface area contributed by atoms with Crippen LogP contribution in [0.4, 0.5) is 0 Å². The molecule has 2 aromatic rings. The van der Waals surface area contributed by atoms with Gasteiger partial charge in [-0.25, -0.2) is 0 Å². The molecule has 2 aromatic carbocycles. The molecule has 1 heterocycles. The standard InChI is InChI=1S/C28H31N3O4/c29-35-25-5-3-1-2-4-24(25)22-10-6-20(7-11-22)21-8-12-23(13-9-21)26(32)30-16-18-31(19-17-30)27(33)28(34)14-15-28/h2,4,6-13,34H,1,3,5,14-19,29H2. The van der Waals surface area contributed by atoms with Crippen LogP contribution in [0.15, 0.2) is 66.4 Å². The second kappa shape index (κ2) is 9.68. The lowest BCUT2D eigenvalue weighted by atomic mass is 9.98. The van der Waals surface area contributed by atoms with Crippen molar-refractivity contribution < 1.29 is 19.5 Å². The summed E-state index contributed by atoms with van der Waals surface area (Å²) in [5, 5.41) is 10.1. The van der Waals surface area contributed by atoms with E-state index in [1.54, 1.807) is 9.80 Å². The fourth-order valence-electron chi connectivity index (χ4n) is 4.76. The first kappa shape index (κ1) is 23.3. The van der Waals surface area contributed by atoms with Crippen LogP contribution in [0.25, 0.3) is 16.7 Å². The van der Waals surface area contributed by atoms with Gasteiger partial charge in [0.25, 0.3) is 11.8 Å². The lowest BCUT2D eigenvalue weighted by Crippen LogP contribution is -2.53. The van der Waals surface area contributed by atoms with E-state index in [2.05, 4.69) is 36.4 Å². The van der Waals surface area contributed by atoms with Crippen molar-refractivity contribution in [2.45, 2.75) is 37.7 Å². The molecule has 0 radical (unpaired) electrons. The molecule has 1 saturated heterocycles. The van der Waals surface area contributed by atoms with Crippen LogP contribution in [0.2, 0.25) is 0 Å². The molecule has 7 nitrogen and oxygen atoms in total. The van der Waals surface area contributed by atoms with Crippen LogP contribution >= 0.6 is 0 Å². The summed E-state index contributed by atoms with van der Waals surface area (Å²) in [6.07, 6.45) is 8.16. The van der Waals surface area contributed by atoms with Gasteiger partial charge in [-0.15, -0.1) is 0 Å². The molecule has 2 amide bonds. The number of nitrogens with two attached hydrogens (primary N) is 1. The fourth-order valence-corrected chi connectivity index (χ4v) is 4.76. The van der Waals surface area contributed by atoms with E-state index in [0.717, 1.165) is 47.3 Å². The highest BCUT2D eigenvalue weighted by Crippen LogP contribution is 2.37. The Morgan fingerprint density at radius 2 is 1.43 bits per heavy atom. The van der Waals surface area contributed by atoms with Crippen LogP contribution in [-0.2, 0) is 9.63 Å². The van der Waals surface area contributed by atoms with E-state index in [9.17, 15) is 14.7 Å². The lowest BCUT2D eigenvalue weighted by Gasteiger charge is -2.35. The highest BCUT2D eigenvalue weighted by molar-refractivity contribution is 5.95. The van der Waals surface area contributed by atoms with Crippen molar-refractivity contribution in [1.29, 1.82) is 0 Å². The largest absolute Gasteiger partial charge is 0.415 e. The Kier molecular flexibility index (Phi) is 6.45.